The number of aliphatic imine (C=N–C) groups is 1. The van der Waals surface area contributed by atoms with Crippen molar-refractivity contribution < 1.29 is 4.79 Å². The second-order valence-corrected chi connectivity index (χ2v) is 7.88. The van der Waals surface area contributed by atoms with Crippen LogP contribution in [-0.4, -0.2) is 53.8 Å². The van der Waals surface area contributed by atoms with Gasteiger partial charge in [-0.1, -0.05) is 0 Å². The molecule has 1 aliphatic heterocycles. The summed E-state index contributed by atoms with van der Waals surface area (Å²) in [5.41, 5.74) is 6.60. The van der Waals surface area contributed by atoms with Gasteiger partial charge < -0.3 is 21.3 Å². The molecule has 3 heterocycles. The van der Waals surface area contributed by atoms with E-state index < -0.39 is 0 Å². The lowest BCUT2D eigenvalue weighted by Crippen LogP contribution is -2.42. The fraction of sp³-hybridized carbons (Fsp3) is 0.368. The molecule has 2 aromatic rings. The third-order valence-corrected chi connectivity index (χ3v) is 6.14. The monoisotopic (exact) mass is 399 g/mol. The van der Waals surface area contributed by atoms with Crippen LogP contribution in [0.1, 0.15) is 29.1 Å². The lowest BCUT2D eigenvalue weighted by molar-refractivity contribution is 0.0626. The first-order valence-electron chi connectivity index (χ1n) is 8.98. The summed E-state index contributed by atoms with van der Waals surface area (Å²) < 4.78 is 0. The maximum Gasteiger partial charge on any atom is 0.255 e. The second kappa shape index (κ2) is 8.07. The maximum atomic E-state index is 12.9. The van der Waals surface area contributed by atoms with Gasteiger partial charge in [0.2, 0.25) is 5.95 Å². The zero-order chi connectivity index (χ0) is 20.3. The van der Waals surface area contributed by atoms with E-state index in [4.69, 9.17) is 5.73 Å². The number of hydrogen-bond donors (Lipinski definition) is 3. The van der Waals surface area contributed by atoms with Gasteiger partial charge in [0.15, 0.2) is 0 Å². The molecule has 0 spiro atoms. The molecule has 0 bridgehead atoms. The lowest BCUT2D eigenvalue weighted by atomic mass is 10.0. The minimum atomic E-state index is -0.339. The molecule has 0 saturated heterocycles. The Morgan fingerprint density at radius 2 is 2.25 bits per heavy atom. The highest BCUT2D eigenvalue weighted by Crippen LogP contribution is 2.45. The van der Waals surface area contributed by atoms with Gasteiger partial charge in [-0.05, 0) is 45.3 Å². The Kier molecular flexibility index (Phi) is 5.76. The van der Waals surface area contributed by atoms with Gasteiger partial charge in [0.1, 0.15) is 5.84 Å². The van der Waals surface area contributed by atoms with Crippen LogP contribution >= 0.6 is 11.3 Å². The quantitative estimate of drug-likeness (QED) is 0.507. The van der Waals surface area contributed by atoms with E-state index in [0.29, 0.717) is 18.3 Å². The number of likely N-dealkylation sites (N-methyl/N-ethyl adjacent to an activating group) is 1. The van der Waals surface area contributed by atoms with Gasteiger partial charge >= 0.3 is 0 Å². The highest BCUT2D eigenvalue weighted by molar-refractivity contribution is 7.16. The highest BCUT2D eigenvalue weighted by atomic mass is 32.1. The molecule has 0 unspecified atom stereocenters. The smallest absolute Gasteiger partial charge is 0.255 e. The van der Waals surface area contributed by atoms with Gasteiger partial charge in [-0.2, -0.15) is 0 Å². The van der Waals surface area contributed by atoms with E-state index in [1.807, 2.05) is 24.1 Å². The van der Waals surface area contributed by atoms with Crippen LogP contribution in [0, 0.1) is 0 Å². The standard InChI is InChI=1S/C19H25N7OS/c1-19(2)16-12(17(27)26(19)10-9-21-3)11-14(28-16)13-6-8-23-18(24-13)25-15(22-4)5-7-20/h5-8,11,21H,9-10,20H2,1-4H3,(H,22,23,24,25). The molecular weight excluding hydrogens is 374 g/mol. The van der Waals surface area contributed by atoms with E-state index in [1.165, 1.54) is 6.20 Å². The first-order chi connectivity index (χ1) is 13.4. The van der Waals surface area contributed by atoms with E-state index in [0.717, 1.165) is 27.6 Å². The average Bonchev–Trinajstić information content (AvgIpc) is 3.20. The molecule has 0 fully saturated rings. The Balaban J connectivity index is 1.90. The lowest BCUT2D eigenvalue weighted by Gasteiger charge is -2.32. The Bertz CT molecular complexity index is 932. The third kappa shape index (κ3) is 3.63. The van der Waals surface area contributed by atoms with E-state index >= 15 is 0 Å². The molecule has 0 aromatic carbocycles. The SMILES string of the molecule is CN=C(C=CN)Nc1nccc(-c2cc3c(s2)C(C)(C)N(CCNC)C3=O)n1. The molecule has 0 radical (unpaired) electrons. The molecule has 28 heavy (non-hydrogen) atoms. The van der Waals surface area contributed by atoms with Crippen molar-refractivity contribution in [1.82, 2.24) is 20.2 Å². The number of carbonyl (C=O) groups is 1. The zero-order valence-electron chi connectivity index (χ0n) is 16.5. The normalized spacial score (nSPS) is 16.1. The largest absolute Gasteiger partial charge is 0.404 e. The van der Waals surface area contributed by atoms with Gasteiger partial charge in [-0.15, -0.1) is 11.3 Å². The number of carbonyl (C=O) groups excluding carboxylic acids is 1. The Labute approximate surface area is 168 Å². The fourth-order valence-corrected chi connectivity index (χ4v) is 4.42. The molecule has 1 amide bonds. The van der Waals surface area contributed by atoms with Crippen LogP contribution in [0.2, 0.25) is 0 Å². The van der Waals surface area contributed by atoms with Crippen LogP contribution in [0.3, 0.4) is 0 Å². The third-order valence-electron chi connectivity index (χ3n) is 4.67. The summed E-state index contributed by atoms with van der Waals surface area (Å²) in [6.07, 6.45) is 4.72. The van der Waals surface area contributed by atoms with Crippen molar-refractivity contribution >= 4 is 29.0 Å². The van der Waals surface area contributed by atoms with Gasteiger partial charge in [-0.25, -0.2) is 9.97 Å². The van der Waals surface area contributed by atoms with Gasteiger partial charge in [0.05, 0.1) is 21.7 Å². The average molecular weight is 400 g/mol. The van der Waals surface area contributed by atoms with Crippen molar-refractivity contribution in [3.63, 3.8) is 0 Å². The number of nitrogens with two attached hydrogens (primary N) is 1. The molecular formula is C19H25N7OS. The molecule has 0 saturated carbocycles. The molecule has 9 heteroatoms. The number of nitrogens with zero attached hydrogens (tertiary/aromatic N) is 4. The van der Waals surface area contributed by atoms with E-state index in [2.05, 4.69) is 39.4 Å². The summed E-state index contributed by atoms with van der Waals surface area (Å²) in [6, 6.07) is 3.77. The minimum absolute atomic E-state index is 0.0682. The predicted octanol–water partition coefficient (Wildman–Crippen LogP) is 2.03. The maximum absolute atomic E-state index is 12.9. The minimum Gasteiger partial charge on any atom is -0.404 e. The number of rotatable bonds is 6. The van der Waals surface area contributed by atoms with Gasteiger partial charge in [0.25, 0.3) is 5.91 Å². The summed E-state index contributed by atoms with van der Waals surface area (Å²) in [4.78, 5) is 29.7. The van der Waals surface area contributed by atoms with Crippen LogP contribution in [0.25, 0.3) is 10.6 Å². The topological polar surface area (TPSA) is 109 Å². The van der Waals surface area contributed by atoms with Crippen molar-refractivity contribution in [2.45, 2.75) is 19.4 Å². The summed E-state index contributed by atoms with van der Waals surface area (Å²) in [7, 11) is 3.55. The summed E-state index contributed by atoms with van der Waals surface area (Å²) in [5.74, 6) is 1.05. The first kappa shape index (κ1) is 20.0. The number of nitrogens with one attached hydrogen (secondary N) is 2. The van der Waals surface area contributed by atoms with Crippen molar-refractivity contribution in [3.8, 4) is 10.6 Å². The Hall–Kier alpha value is -2.78. The summed E-state index contributed by atoms with van der Waals surface area (Å²) in [5, 5.41) is 6.14. The Morgan fingerprint density at radius 3 is 2.89 bits per heavy atom. The predicted molar refractivity (Wildman–Crippen MR) is 114 cm³/mol. The van der Waals surface area contributed by atoms with Gasteiger partial charge in [0, 0.05) is 31.2 Å². The molecule has 1 aliphatic rings. The number of amidine groups is 1. The zero-order valence-corrected chi connectivity index (χ0v) is 17.3. The van der Waals surface area contributed by atoms with Gasteiger partial charge in [-0.3, -0.25) is 9.79 Å². The number of hydrogen-bond acceptors (Lipinski definition) is 7. The van der Waals surface area contributed by atoms with Crippen LogP contribution in [0.4, 0.5) is 5.95 Å². The molecule has 4 N–H and O–H groups in total. The van der Waals surface area contributed by atoms with Crippen molar-refractivity contribution in [2.24, 2.45) is 10.7 Å². The molecule has 3 rings (SSSR count). The molecule has 8 nitrogen and oxygen atoms in total. The van der Waals surface area contributed by atoms with Crippen LogP contribution in [0.15, 0.2) is 35.6 Å². The summed E-state index contributed by atoms with van der Waals surface area (Å²) in [6.45, 7) is 5.61. The number of fused-ring (bicyclic) bond motifs is 1. The van der Waals surface area contributed by atoms with E-state index in [1.54, 1.807) is 30.7 Å². The number of anilines is 1. The molecule has 0 aliphatic carbocycles. The molecule has 2 aromatic heterocycles. The van der Waals surface area contributed by atoms with Crippen molar-refractivity contribution in [3.05, 3.63) is 41.0 Å². The van der Waals surface area contributed by atoms with Crippen LogP contribution < -0.4 is 16.4 Å². The molecule has 148 valence electrons. The highest BCUT2D eigenvalue weighted by Gasteiger charge is 2.44. The van der Waals surface area contributed by atoms with Crippen LogP contribution in [-0.2, 0) is 5.54 Å². The van der Waals surface area contributed by atoms with Crippen LogP contribution in [0.5, 0.6) is 0 Å². The molecule has 0 atom stereocenters. The van der Waals surface area contributed by atoms with E-state index in [9.17, 15) is 4.79 Å². The Morgan fingerprint density at radius 1 is 1.46 bits per heavy atom. The number of thiophene rings is 1. The van der Waals surface area contributed by atoms with Crippen molar-refractivity contribution in [1.29, 1.82) is 0 Å². The second-order valence-electron chi connectivity index (χ2n) is 6.83. The first-order valence-corrected chi connectivity index (χ1v) is 9.80. The number of aromatic nitrogens is 2. The fourth-order valence-electron chi connectivity index (χ4n) is 3.19. The van der Waals surface area contributed by atoms with E-state index in [-0.39, 0.29) is 11.4 Å². The van der Waals surface area contributed by atoms with Crippen molar-refractivity contribution in [2.75, 3.05) is 32.5 Å². The number of amides is 1. The summed E-state index contributed by atoms with van der Waals surface area (Å²) >= 11 is 1.60.